The number of likely N-dealkylation sites (N-methyl/N-ethyl adjacent to an activating group) is 1. The Hall–Kier alpha value is -2.25. The van der Waals surface area contributed by atoms with Gasteiger partial charge in [-0.05, 0) is 37.9 Å². The summed E-state index contributed by atoms with van der Waals surface area (Å²) in [5.74, 6) is -0.0734. The number of hydrogen-bond acceptors (Lipinski definition) is 5. The number of thiophene rings is 1. The van der Waals surface area contributed by atoms with E-state index in [0.29, 0.717) is 0 Å². The van der Waals surface area contributed by atoms with Gasteiger partial charge in [0, 0.05) is 23.1 Å². The minimum atomic E-state index is -0.411. The van der Waals surface area contributed by atoms with Gasteiger partial charge in [0.1, 0.15) is 0 Å². The molecule has 128 valence electrons. The molecule has 0 saturated heterocycles. The first kappa shape index (κ1) is 18.1. The second-order valence-electron chi connectivity index (χ2n) is 5.75. The van der Waals surface area contributed by atoms with Crippen LogP contribution in [0.3, 0.4) is 0 Å². The Balaban J connectivity index is 1.95. The van der Waals surface area contributed by atoms with Crippen molar-refractivity contribution >= 4 is 22.9 Å². The molecule has 1 N–H and O–H groups in total. The van der Waals surface area contributed by atoms with Crippen molar-refractivity contribution in [2.45, 2.75) is 25.9 Å². The molecule has 2 aromatic rings. The van der Waals surface area contributed by atoms with Crippen molar-refractivity contribution in [2.75, 3.05) is 13.6 Å². The number of carbonyl (C=O) groups is 1. The summed E-state index contributed by atoms with van der Waals surface area (Å²) in [5, 5.41) is 15.8. The lowest BCUT2D eigenvalue weighted by molar-refractivity contribution is -0.384. The van der Waals surface area contributed by atoms with Gasteiger partial charge >= 0.3 is 0 Å². The zero-order chi connectivity index (χ0) is 17.7. The third-order valence-corrected chi connectivity index (χ3v) is 5.02. The van der Waals surface area contributed by atoms with Crippen molar-refractivity contribution in [1.29, 1.82) is 0 Å². The second kappa shape index (κ2) is 8.03. The zero-order valence-electron chi connectivity index (χ0n) is 13.9. The summed E-state index contributed by atoms with van der Waals surface area (Å²) >= 11 is 1.61. The second-order valence-corrected chi connectivity index (χ2v) is 6.73. The Kier molecular flexibility index (Phi) is 6.05. The van der Waals surface area contributed by atoms with E-state index in [2.05, 4.69) is 5.32 Å². The van der Waals surface area contributed by atoms with E-state index >= 15 is 0 Å². The third-order valence-electron chi connectivity index (χ3n) is 3.97. The Morgan fingerprint density at radius 3 is 2.71 bits per heavy atom. The van der Waals surface area contributed by atoms with Crippen LogP contribution in [-0.4, -0.2) is 29.3 Å². The molecule has 24 heavy (non-hydrogen) atoms. The minimum absolute atomic E-state index is 0.0287. The first-order chi connectivity index (χ1) is 11.4. The Labute approximate surface area is 145 Å². The number of rotatable bonds is 7. The number of hydrogen-bond donors (Lipinski definition) is 1. The van der Waals surface area contributed by atoms with Gasteiger partial charge in [0.05, 0.1) is 17.5 Å². The molecule has 2 atom stereocenters. The quantitative estimate of drug-likeness (QED) is 0.614. The van der Waals surface area contributed by atoms with Gasteiger partial charge in [-0.2, -0.15) is 0 Å². The van der Waals surface area contributed by atoms with Gasteiger partial charge in [0.15, 0.2) is 0 Å². The lowest BCUT2D eigenvalue weighted by atomic mass is 10.1. The van der Waals surface area contributed by atoms with Crippen molar-refractivity contribution < 1.29 is 9.72 Å². The van der Waals surface area contributed by atoms with Crippen molar-refractivity contribution in [3.63, 3.8) is 0 Å². The fraction of sp³-hybridized carbons (Fsp3) is 0.353. The van der Waals surface area contributed by atoms with Crippen molar-refractivity contribution in [3.8, 4) is 0 Å². The molecule has 0 aliphatic carbocycles. The van der Waals surface area contributed by atoms with Crippen LogP contribution < -0.4 is 5.32 Å². The monoisotopic (exact) mass is 347 g/mol. The van der Waals surface area contributed by atoms with Gasteiger partial charge < -0.3 is 5.32 Å². The molecule has 6 nitrogen and oxygen atoms in total. The molecule has 0 aliphatic rings. The highest BCUT2D eigenvalue weighted by Gasteiger charge is 2.18. The summed E-state index contributed by atoms with van der Waals surface area (Å²) in [7, 11) is 1.83. The van der Waals surface area contributed by atoms with E-state index in [1.165, 1.54) is 6.07 Å². The van der Waals surface area contributed by atoms with Crippen LogP contribution in [0, 0.1) is 10.1 Å². The lowest BCUT2D eigenvalue weighted by Gasteiger charge is -2.25. The molecule has 0 bridgehead atoms. The van der Waals surface area contributed by atoms with Gasteiger partial charge in [-0.15, -0.1) is 11.3 Å². The molecule has 0 fully saturated rings. The van der Waals surface area contributed by atoms with E-state index in [4.69, 9.17) is 0 Å². The van der Waals surface area contributed by atoms with E-state index in [-0.39, 0.29) is 30.2 Å². The van der Waals surface area contributed by atoms with Gasteiger partial charge in [-0.1, -0.05) is 18.2 Å². The van der Waals surface area contributed by atoms with Gasteiger partial charge in [0.25, 0.3) is 5.69 Å². The molecule has 2 rings (SSSR count). The molecule has 1 heterocycles. The summed E-state index contributed by atoms with van der Waals surface area (Å²) in [6.45, 7) is 4.10. The standard InChI is InChI=1S/C17H21N3O3S/c1-12(16-8-5-9-24-16)18-17(21)11-19(3)13(2)14-6-4-7-15(10-14)20(22)23/h4-10,12-13H,11H2,1-3H3,(H,18,21)/t12-,13+/m1/s1. The van der Waals surface area contributed by atoms with Crippen LogP contribution >= 0.6 is 11.3 Å². The largest absolute Gasteiger partial charge is 0.348 e. The maximum Gasteiger partial charge on any atom is 0.269 e. The molecule has 0 aliphatic heterocycles. The highest BCUT2D eigenvalue weighted by molar-refractivity contribution is 7.10. The van der Waals surface area contributed by atoms with Crippen LogP contribution in [0.2, 0.25) is 0 Å². The smallest absolute Gasteiger partial charge is 0.269 e. The summed E-state index contributed by atoms with van der Waals surface area (Å²) in [4.78, 5) is 25.7. The fourth-order valence-corrected chi connectivity index (χ4v) is 3.15. The number of amides is 1. The number of nitro groups is 1. The van der Waals surface area contributed by atoms with Crippen LogP contribution in [0.15, 0.2) is 41.8 Å². The third kappa shape index (κ3) is 4.62. The van der Waals surface area contributed by atoms with Gasteiger partial charge in [-0.3, -0.25) is 19.8 Å². The summed E-state index contributed by atoms with van der Waals surface area (Å²) < 4.78 is 0. The average Bonchev–Trinajstić information content (AvgIpc) is 3.08. The molecule has 1 aromatic heterocycles. The van der Waals surface area contributed by atoms with Crippen LogP contribution in [0.1, 0.15) is 36.4 Å². The topological polar surface area (TPSA) is 75.5 Å². The molecular weight excluding hydrogens is 326 g/mol. The van der Waals surface area contributed by atoms with Crippen LogP contribution in [0.25, 0.3) is 0 Å². The number of nitrogens with one attached hydrogen (secondary N) is 1. The first-order valence-corrected chi connectivity index (χ1v) is 8.53. The molecule has 1 aromatic carbocycles. The number of non-ortho nitro benzene ring substituents is 1. The van der Waals surface area contributed by atoms with E-state index in [9.17, 15) is 14.9 Å². The Bertz CT molecular complexity index is 703. The van der Waals surface area contributed by atoms with E-state index in [1.54, 1.807) is 23.5 Å². The van der Waals surface area contributed by atoms with E-state index in [1.807, 2.05) is 49.4 Å². The number of carbonyl (C=O) groups excluding carboxylic acids is 1. The number of benzene rings is 1. The molecule has 0 spiro atoms. The molecular formula is C17H21N3O3S. The highest BCUT2D eigenvalue weighted by atomic mass is 32.1. The van der Waals surface area contributed by atoms with E-state index < -0.39 is 4.92 Å². The van der Waals surface area contributed by atoms with E-state index in [0.717, 1.165) is 10.4 Å². The maximum absolute atomic E-state index is 12.2. The predicted octanol–water partition coefficient (Wildman–Crippen LogP) is 3.53. The summed E-state index contributed by atoms with van der Waals surface area (Å²) in [6, 6.07) is 10.3. The van der Waals surface area contributed by atoms with Crippen molar-refractivity contribution in [3.05, 3.63) is 62.3 Å². The first-order valence-electron chi connectivity index (χ1n) is 7.66. The lowest BCUT2D eigenvalue weighted by Crippen LogP contribution is -2.37. The molecule has 1 amide bonds. The van der Waals surface area contributed by atoms with Gasteiger partial charge in [0.2, 0.25) is 5.91 Å². The summed E-state index contributed by atoms with van der Waals surface area (Å²) in [5.41, 5.74) is 0.870. The Morgan fingerprint density at radius 1 is 1.33 bits per heavy atom. The zero-order valence-corrected chi connectivity index (χ0v) is 14.7. The highest BCUT2D eigenvalue weighted by Crippen LogP contribution is 2.23. The fourth-order valence-electron chi connectivity index (χ4n) is 2.41. The normalized spacial score (nSPS) is 13.5. The minimum Gasteiger partial charge on any atom is -0.348 e. The predicted molar refractivity (Wildman–Crippen MR) is 95.0 cm³/mol. The molecule has 0 unspecified atom stereocenters. The molecule has 7 heteroatoms. The number of nitrogens with zero attached hydrogens (tertiary/aromatic N) is 2. The molecule has 0 saturated carbocycles. The van der Waals surface area contributed by atoms with Crippen LogP contribution in [0.4, 0.5) is 5.69 Å². The van der Waals surface area contributed by atoms with Crippen molar-refractivity contribution in [1.82, 2.24) is 10.2 Å². The van der Waals surface area contributed by atoms with Crippen molar-refractivity contribution in [2.24, 2.45) is 0 Å². The Morgan fingerprint density at radius 2 is 2.08 bits per heavy atom. The van der Waals surface area contributed by atoms with Crippen LogP contribution in [-0.2, 0) is 4.79 Å². The molecule has 0 radical (unpaired) electrons. The van der Waals surface area contributed by atoms with Crippen LogP contribution in [0.5, 0.6) is 0 Å². The summed E-state index contributed by atoms with van der Waals surface area (Å²) in [6.07, 6.45) is 0. The average molecular weight is 347 g/mol. The maximum atomic E-state index is 12.2. The SMILES string of the molecule is C[C@@H](NC(=O)CN(C)[C@@H](C)c1cccc([N+](=O)[O-])c1)c1cccs1. The van der Waals surface area contributed by atoms with Gasteiger partial charge in [-0.25, -0.2) is 0 Å². The number of nitro benzene ring substituents is 1.